The van der Waals surface area contributed by atoms with Gasteiger partial charge >= 0.3 is 6.09 Å². The third-order valence-electron chi connectivity index (χ3n) is 5.12. The molecule has 30 heavy (non-hydrogen) atoms. The molecule has 1 saturated heterocycles. The molecule has 2 aliphatic heterocycles. The van der Waals surface area contributed by atoms with Crippen molar-refractivity contribution in [2.45, 2.75) is 45.8 Å². The van der Waals surface area contributed by atoms with Crippen LogP contribution in [0.25, 0.3) is 17.2 Å². The Hall–Kier alpha value is -2.88. The molecular formula is C20H28N6O4. The minimum Gasteiger partial charge on any atom is -0.444 e. The van der Waals surface area contributed by atoms with Crippen LogP contribution in [0.2, 0.25) is 0 Å². The van der Waals surface area contributed by atoms with Crippen molar-refractivity contribution in [2.75, 3.05) is 32.1 Å². The minimum absolute atomic E-state index is 0.245. The van der Waals surface area contributed by atoms with E-state index in [0.717, 1.165) is 29.9 Å². The molecule has 0 spiro atoms. The number of fused-ring (bicyclic) bond motifs is 1. The fraction of sp³-hybridized carbons (Fsp3) is 0.600. The van der Waals surface area contributed by atoms with Crippen molar-refractivity contribution in [3.05, 3.63) is 18.2 Å². The van der Waals surface area contributed by atoms with Crippen molar-refractivity contribution in [2.24, 2.45) is 5.92 Å². The number of rotatable bonds is 4. The van der Waals surface area contributed by atoms with Crippen LogP contribution in [-0.2, 0) is 16.1 Å². The monoisotopic (exact) mass is 416 g/mol. The summed E-state index contributed by atoms with van der Waals surface area (Å²) in [6.07, 6.45) is 5.37. The lowest BCUT2D eigenvalue weighted by atomic mass is 9.92. The second-order valence-electron chi connectivity index (χ2n) is 8.50. The van der Waals surface area contributed by atoms with Gasteiger partial charge in [-0.25, -0.2) is 9.48 Å². The van der Waals surface area contributed by atoms with Gasteiger partial charge in [-0.2, -0.15) is 5.10 Å². The van der Waals surface area contributed by atoms with Crippen molar-refractivity contribution < 1.29 is 18.7 Å². The van der Waals surface area contributed by atoms with Gasteiger partial charge in [-0.05, 0) is 39.7 Å². The second-order valence-corrected chi connectivity index (χ2v) is 8.50. The second kappa shape index (κ2) is 8.10. The number of amides is 1. The van der Waals surface area contributed by atoms with Gasteiger partial charge in [0.1, 0.15) is 23.6 Å². The normalized spacial score (nSPS) is 17.3. The fourth-order valence-corrected chi connectivity index (χ4v) is 3.78. The Balaban J connectivity index is 1.46. The number of carbonyl (C=O) groups is 1. The molecule has 1 fully saturated rings. The maximum absolute atomic E-state index is 12.3. The number of piperidine rings is 1. The average Bonchev–Trinajstić information content (AvgIpc) is 3.33. The fourth-order valence-electron chi connectivity index (χ4n) is 3.78. The summed E-state index contributed by atoms with van der Waals surface area (Å²) in [5, 5.41) is 16.0. The number of nitrogens with zero attached hydrogens (tertiary/aromatic N) is 5. The van der Waals surface area contributed by atoms with Crippen LogP contribution in [0.4, 0.5) is 10.6 Å². The number of nitrogens with one attached hydrogen (secondary N) is 1. The maximum atomic E-state index is 12.3. The number of aromatic nitrogens is 4. The van der Waals surface area contributed by atoms with Crippen LogP contribution >= 0.6 is 0 Å². The van der Waals surface area contributed by atoms with Crippen LogP contribution in [0.5, 0.6) is 0 Å². The predicted molar refractivity (Wildman–Crippen MR) is 110 cm³/mol. The summed E-state index contributed by atoms with van der Waals surface area (Å²) < 4.78 is 18.1. The Bertz CT molecular complexity index is 933. The number of hydrogen-bond donors (Lipinski definition) is 1. The third kappa shape index (κ3) is 4.18. The van der Waals surface area contributed by atoms with Gasteiger partial charge in [-0.15, -0.1) is 10.2 Å². The Kier molecular flexibility index (Phi) is 5.50. The molecule has 10 heteroatoms. The Morgan fingerprint density at radius 1 is 1.30 bits per heavy atom. The SMILES string of the molecule is COCc1nnc(-c2cnn3c2NCC=C3C2CCN(C(=O)OC(C)(C)C)CC2)o1. The lowest BCUT2D eigenvalue weighted by Crippen LogP contribution is -2.42. The van der Waals surface area contributed by atoms with E-state index in [2.05, 4.69) is 26.7 Å². The first-order valence-electron chi connectivity index (χ1n) is 10.2. The van der Waals surface area contributed by atoms with Crippen molar-refractivity contribution in [3.8, 4) is 11.5 Å². The first-order chi connectivity index (χ1) is 14.4. The van der Waals surface area contributed by atoms with Crippen molar-refractivity contribution in [1.82, 2.24) is 24.9 Å². The van der Waals surface area contributed by atoms with E-state index in [4.69, 9.17) is 13.9 Å². The lowest BCUT2D eigenvalue weighted by Gasteiger charge is -2.35. The van der Waals surface area contributed by atoms with Gasteiger partial charge in [0.15, 0.2) is 0 Å². The molecule has 0 atom stereocenters. The smallest absolute Gasteiger partial charge is 0.410 e. The van der Waals surface area contributed by atoms with Gasteiger partial charge in [0.25, 0.3) is 5.89 Å². The zero-order valence-electron chi connectivity index (χ0n) is 17.8. The molecule has 0 radical (unpaired) electrons. The topological polar surface area (TPSA) is 108 Å². The first kappa shape index (κ1) is 20.4. The van der Waals surface area contributed by atoms with Gasteiger partial charge in [0.2, 0.25) is 5.89 Å². The van der Waals surface area contributed by atoms with Gasteiger partial charge in [-0.3, -0.25) is 0 Å². The number of methoxy groups -OCH3 is 1. The molecule has 0 aliphatic carbocycles. The van der Waals surface area contributed by atoms with Gasteiger partial charge in [0.05, 0.1) is 6.20 Å². The molecule has 0 aromatic carbocycles. The van der Waals surface area contributed by atoms with Crippen LogP contribution in [0.1, 0.15) is 39.5 Å². The van der Waals surface area contributed by atoms with Gasteiger partial charge in [0, 0.05) is 38.4 Å². The summed E-state index contributed by atoms with van der Waals surface area (Å²) in [5.74, 6) is 1.99. The lowest BCUT2D eigenvalue weighted by molar-refractivity contribution is 0.0198. The summed E-state index contributed by atoms with van der Waals surface area (Å²) in [6, 6.07) is 0. The summed E-state index contributed by atoms with van der Waals surface area (Å²) in [6.45, 7) is 7.95. The van der Waals surface area contributed by atoms with Crippen molar-refractivity contribution >= 4 is 17.6 Å². The van der Waals surface area contributed by atoms with Gasteiger partial charge in [-0.1, -0.05) is 0 Å². The zero-order chi connectivity index (χ0) is 21.3. The highest BCUT2D eigenvalue weighted by Gasteiger charge is 2.31. The molecule has 0 unspecified atom stereocenters. The molecule has 162 valence electrons. The quantitative estimate of drug-likeness (QED) is 0.810. The van der Waals surface area contributed by atoms with Crippen LogP contribution in [0, 0.1) is 5.92 Å². The maximum Gasteiger partial charge on any atom is 0.410 e. The molecule has 2 aromatic heterocycles. The van der Waals surface area contributed by atoms with Crippen LogP contribution < -0.4 is 5.32 Å². The van der Waals surface area contributed by atoms with E-state index in [1.54, 1.807) is 18.2 Å². The molecule has 2 aromatic rings. The zero-order valence-corrected chi connectivity index (χ0v) is 17.8. The molecule has 4 rings (SSSR count). The van der Waals surface area contributed by atoms with E-state index in [-0.39, 0.29) is 12.7 Å². The van der Waals surface area contributed by atoms with Crippen LogP contribution in [0.15, 0.2) is 16.7 Å². The highest BCUT2D eigenvalue weighted by atomic mass is 16.6. The molecular weight excluding hydrogens is 388 g/mol. The molecule has 1 N–H and O–H groups in total. The van der Waals surface area contributed by atoms with E-state index in [0.29, 0.717) is 37.3 Å². The third-order valence-corrected chi connectivity index (χ3v) is 5.12. The van der Waals surface area contributed by atoms with E-state index < -0.39 is 5.60 Å². The number of likely N-dealkylation sites (tertiary alicyclic amines) is 1. The Morgan fingerprint density at radius 2 is 2.07 bits per heavy atom. The summed E-state index contributed by atoms with van der Waals surface area (Å²) >= 11 is 0. The largest absolute Gasteiger partial charge is 0.444 e. The summed E-state index contributed by atoms with van der Waals surface area (Å²) in [5.41, 5.74) is 1.42. The Labute approximate surface area is 175 Å². The number of anilines is 1. The number of ether oxygens (including phenoxy) is 2. The van der Waals surface area contributed by atoms with Crippen molar-refractivity contribution in [3.63, 3.8) is 0 Å². The highest BCUT2D eigenvalue weighted by molar-refractivity contribution is 5.75. The van der Waals surface area contributed by atoms with Crippen LogP contribution in [0.3, 0.4) is 0 Å². The summed E-state index contributed by atoms with van der Waals surface area (Å²) in [7, 11) is 1.58. The average molecular weight is 416 g/mol. The van der Waals surface area contributed by atoms with E-state index in [1.165, 1.54) is 0 Å². The molecule has 0 saturated carbocycles. The highest BCUT2D eigenvalue weighted by Crippen LogP contribution is 2.36. The molecule has 2 aliphatic rings. The minimum atomic E-state index is -0.482. The summed E-state index contributed by atoms with van der Waals surface area (Å²) in [4.78, 5) is 14.1. The number of allylic oxidation sites excluding steroid dienone is 1. The first-order valence-corrected chi connectivity index (χ1v) is 10.2. The number of carbonyl (C=O) groups excluding carboxylic acids is 1. The molecule has 0 bridgehead atoms. The molecule has 4 heterocycles. The molecule has 1 amide bonds. The van der Waals surface area contributed by atoms with E-state index in [1.807, 2.05) is 25.5 Å². The predicted octanol–water partition coefficient (Wildman–Crippen LogP) is 2.99. The number of hydrogen-bond acceptors (Lipinski definition) is 8. The van der Waals surface area contributed by atoms with E-state index in [9.17, 15) is 4.79 Å². The Morgan fingerprint density at radius 3 is 2.77 bits per heavy atom. The van der Waals surface area contributed by atoms with Crippen LogP contribution in [-0.4, -0.2) is 63.3 Å². The molecule has 10 nitrogen and oxygen atoms in total. The van der Waals surface area contributed by atoms with Crippen molar-refractivity contribution in [1.29, 1.82) is 0 Å². The van der Waals surface area contributed by atoms with E-state index >= 15 is 0 Å². The van der Waals surface area contributed by atoms with Gasteiger partial charge < -0.3 is 24.1 Å². The standard InChI is InChI=1S/C20H28N6O4/c1-20(2,3)30-19(27)25-9-6-13(7-10-25)15-5-8-21-17-14(11-22-26(15)17)18-24-23-16(29-18)12-28-4/h5,11,13,21H,6-10,12H2,1-4H3.